The van der Waals surface area contributed by atoms with E-state index < -0.39 is 29.6 Å². The Morgan fingerprint density at radius 3 is 2.57 bits per heavy atom. The summed E-state index contributed by atoms with van der Waals surface area (Å²) in [5.41, 5.74) is 12.8. The topological polar surface area (TPSA) is 141 Å². The fourth-order valence-electron chi connectivity index (χ4n) is 4.33. The van der Waals surface area contributed by atoms with Crippen LogP contribution in [0.1, 0.15) is 57.1 Å². The second kappa shape index (κ2) is 11.5. The van der Waals surface area contributed by atoms with Gasteiger partial charge in [0.05, 0.1) is 11.8 Å². The Morgan fingerprint density at radius 2 is 1.95 bits per heavy atom. The maximum atomic E-state index is 14.1. The molecule has 1 saturated heterocycles. The van der Waals surface area contributed by atoms with Crippen molar-refractivity contribution < 1.29 is 23.5 Å². The highest BCUT2D eigenvalue weighted by Gasteiger charge is 2.37. The third-order valence-corrected chi connectivity index (χ3v) is 7.08. The highest BCUT2D eigenvalue weighted by atomic mass is 32.1. The van der Waals surface area contributed by atoms with E-state index >= 15 is 0 Å². The monoisotopic (exact) mass is 525 g/mol. The van der Waals surface area contributed by atoms with Crippen LogP contribution in [0.25, 0.3) is 0 Å². The molecule has 0 aliphatic carbocycles. The second-order valence-electron chi connectivity index (χ2n) is 8.63. The zero-order valence-electron chi connectivity index (χ0n) is 20.3. The van der Waals surface area contributed by atoms with Crippen molar-refractivity contribution in [3.63, 3.8) is 0 Å². The number of nitrogen functional groups attached to an aromatic ring is 1. The average Bonchev–Trinajstić information content (AvgIpc) is 3.56. The fourth-order valence-corrected chi connectivity index (χ4v) is 5.07. The molecule has 2 unspecified atom stereocenters. The van der Waals surface area contributed by atoms with Crippen LogP contribution in [0.2, 0.25) is 0 Å². The van der Waals surface area contributed by atoms with Gasteiger partial charge in [0, 0.05) is 18.8 Å². The molecular formula is C26H28FN5O4S. The van der Waals surface area contributed by atoms with Crippen molar-refractivity contribution in [2.75, 3.05) is 23.8 Å². The predicted molar refractivity (Wildman–Crippen MR) is 139 cm³/mol. The largest absolute Gasteiger partial charge is 0.395 e. The summed E-state index contributed by atoms with van der Waals surface area (Å²) in [4.78, 5) is 40.9. The molecule has 11 heteroatoms. The van der Waals surface area contributed by atoms with E-state index in [1.165, 1.54) is 29.2 Å². The predicted octanol–water partition coefficient (Wildman–Crippen LogP) is 3.21. The number of amides is 3. The van der Waals surface area contributed by atoms with Gasteiger partial charge in [-0.2, -0.15) is 4.37 Å². The number of nitrogens with zero attached hydrogens (tertiary/aromatic N) is 2. The van der Waals surface area contributed by atoms with Gasteiger partial charge in [0.2, 0.25) is 5.91 Å². The highest BCUT2D eigenvalue weighted by molar-refractivity contribution is 7.09. The zero-order chi connectivity index (χ0) is 26.5. The molecule has 37 heavy (non-hydrogen) atoms. The van der Waals surface area contributed by atoms with Crippen molar-refractivity contribution in [3.8, 4) is 0 Å². The Balaban J connectivity index is 1.84. The SMILES string of the molecule is CCc1ccccc1N(C(=O)c1snc(C(N)=O)c1N)C(C(=O)NCC1CCCO1)c1ccc(F)cc1. The lowest BCUT2D eigenvalue weighted by Crippen LogP contribution is -2.46. The quantitative estimate of drug-likeness (QED) is 0.392. The van der Waals surface area contributed by atoms with E-state index in [-0.39, 0.29) is 28.9 Å². The molecule has 1 aliphatic rings. The molecule has 0 radical (unpaired) electrons. The van der Waals surface area contributed by atoms with Crippen molar-refractivity contribution in [3.05, 3.63) is 76.0 Å². The summed E-state index contributed by atoms with van der Waals surface area (Å²) >= 11 is 0.731. The number of hydrogen-bond donors (Lipinski definition) is 3. The van der Waals surface area contributed by atoms with Crippen LogP contribution in [-0.2, 0) is 16.0 Å². The molecule has 5 N–H and O–H groups in total. The first-order valence-corrected chi connectivity index (χ1v) is 12.7. The minimum absolute atomic E-state index is 0.0289. The van der Waals surface area contributed by atoms with Gasteiger partial charge in [0.25, 0.3) is 11.8 Å². The maximum absolute atomic E-state index is 14.1. The van der Waals surface area contributed by atoms with Crippen molar-refractivity contribution in [2.24, 2.45) is 5.73 Å². The molecule has 0 spiro atoms. The Morgan fingerprint density at radius 1 is 1.22 bits per heavy atom. The number of ether oxygens (including phenoxy) is 1. The third-order valence-electron chi connectivity index (χ3n) is 6.23. The molecule has 1 aromatic heterocycles. The van der Waals surface area contributed by atoms with E-state index in [1.807, 2.05) is 19.1 Å². The summed E-state index contributed by atoms with van der Waals surface area (Å²) in [6.07, 6.45) is 2.16. The molecular weight excluding hydrogens is 497 g/mol. The number of carbonyl (C=O) groups excluding carboxylic acids is 3. The Kier molecular flexibility index (Phi) is 8.14. The van der Waals surface area contributed by atoms with Gasteiger partial charge in [-0.15, -0.1) is 0 Å². The van der Waals surface area contributed by atoms with Gasteiger partial charge < -0.3 is 21.5 Å². The first-order valence-electron chi connectivity index (χ1n) is 11.9. The standard InChI is InChI=1S/C26H28FN5O4S/c1-2-15-6-3-4-8-19(15)32(26(35)23-20(28)21(24(29)33)31-37-23)22(16-9-11-17(27)12-10-16)25(34)30-14-18-7-5-13-36-18/h3-4,6,8-12,18,22H,2,5,7,13-14,28H2,1H3,(H2,29,33)(H,30,34). The van der Waals surface area contributed by atoms with Crippen molar-refractivity contribution in [1.29, 1.82) is 0 Å². The van der Waals surface area contributed by atoms with Crippen LogP contribution in [0.15, 0.2) is 48.5 Å². The van der Waals surface area contributed by atoms with E-state index in [0.717, 1.165) is 29.9 Å². The van der Waals surface area contributed by atoms with Gasteiger partial charge in [0.1, 0.15) is 16.7 Å². The Bertz CT molecular complexity index is 1290. The number of primary amides is 1. The summed E-state index contributed by atoms with van der Waals surface area (Å²) in [5.74, 6) is -2.45. The van der Waals surface area contributed by atoms with Gasteiger partial charge in [-0.05, 0) is 60.1 Å². The number of para-hydroxylation sites is 1. The minimum Gasteiger partial charge on any atom is -0.395 e. The number of nitrogens with one attached hydrogen (secondary N) is 1. The minimum atomic E-state index is -1.18. The molecule has 0 saturated carbocycles. The summed E-state index contributed by atoms with van der Waals surface area (Å²) in [6.45, 7) is 2.82. The van der Waals surface area contributed by atoms with Gasteiger partial charge in [-0.25, -0.2) is 4.39 Å². The first-order chi connectivity index (χ1) is 17.8. The van der Waals surface area contributed by atoms with E-state index in [1.54, 1.807) is 12.1 Å². The van der Waals surface area contributed by atoms with Crippen LogP contribution in [0.5, 0.6) is 0 Å². The molecule has 3 amide bonds. The smallest absolute Gasteiger partial charge is 0.273 e. The lowest BCUT2D eigenvalue weighted by molar-refractivity contribution is -0.123. The van der Waals surface area contributed by atoms with E-state index in [0.29, 0.717) is 24.3 Å². The lowest BCUT2D eigenvalue weighted by atomic mass is 10.00. The summed E-state index contributed by atoms with van der Waals surface area (Å²) < 4.78 is 23.4. The fraction of sp³-hybridized carbons (Fsp3) is 0.308. The number of aryl methyl sites for hydroxylation is 1. The van der Waals surface area contributed by atoms with Crippen LogP contribution < -0.4 is 21.7 Å². The van der Waals surface area contributed by atoms with Crippen LogP contribution in [-0.4, -0.2) is 41.4 Å². The highest BCUT2D eigenvalue weighted by Crippen LogP contribution is 2.35. The molecule has 2 aromatic carbocycles. The van der Waals surface area contributed by atoms with E-state index in [2.05, 4.69) is 9.69 Å². The molecule has 2 heterocycles. The number of benzene rings is 2. The Labute approximate surface area is 217 Å². The molecule has 1 aliphatic heterocycles. The van der Waals surface area contributed by atoms with Crippen molar-refractivity contribution in [1.82, 2.24) is 9.69 Å². The number of hydrogen-bond acceptors (Lipinski definition) is 7. The van der Waals surface area contributed by atoms with Crippen LogP contribution in [0.3, 0.4) is 0 Å². The van der Waals surface area contributed by atoms with Crippen LogP contribution in [0.4, 0.5) is 15.8 Å². The van der Waals surface area contributed by atoms with E-state index in [4.69, 9.17) is 16.2 Å². The number of halogens is 1. The van der Waals surface area contributed by atoms with Crippen LogP contribution in [0, 0.1) is 5.82 Å². The molecule has 1 fully saturated rings. The first kappa shape index (κ1) is 26.2. The van der Waals surface area contributed by atoms with Gasteiger partial charge in [0.15, 0.2) is 5.69 Å². The zero-order valence-corrected chi connectivity index (χ0v) is 21.1. The summed E-state index contributed by atoms with van der Waals surface area (Å²) in [7, 11) is 0. The number of anilines is 2. The number of nitrogens with two attached hydrogens (primary N) is 2. The van der Waals surface area contributed by atoms with E-state index in [9.17, 15) is 18.8 Å². The number of carbonyl (C=O) groups is 3. The molecule has 3 aromatic rings. The van der Waals surface area contributed by atoms with Gasteiger partial charge in [-0.1, -0.05) is 37.3 Å². The van der Waals surface area contributed by atoms with Gasteiger partial charge in [-0.3, -0.25) is 19.3 Å². The Hall–Kier alpha value is -3.83. The summed E-state index contributed by atoms with van der Waals surface area (Å²) in [6, 6.07) is 11.4. The molecule has 2 atom stereocenters. The molecule has 9 nitrogen and oxygen atoms in total. The van der Waals surface area contributed by atoms with Crippen LogP contribution >= 0.6 is 11.5 Å². The summed E-state index contributed by atoms with van der Waals surface area (Å²) in [5, 5.41) is 2.90. The lowest BCUT2D eigenvalue weighted by Gasteiger charge is -2.33. The molecule has 4 rings (SSSR count). The third kappa shape index (κ3) is 5.62. The number of rotatable bonds is 9. The second-order valence-corrected chi connectivity index (χ2v) is 9.40. The van der Waals surface area contributed by atoms with Gasteiger partial charge >= 0.3 is 0 Å². The normalized spacial score (nSPS) is 15.8. The average molecular weight is 526 g/mol. The maximum Gasteiger partial charge on any atom is 0.273 e. The van der Waals surface area contributed by atoms with Crippen molar-refractivity contribution >= 4 is 40.6 Å². The molecule has 194 valence electrons. The number of aromatic nitrogens is 1. The molecule has 0 bridgehead atoms. The van der Waals surface area contributed by atoms with Crippen molar-refractivity contribution in [2.45, 2.75) is 38.3 Å².